The van der Waals surface area contributed by atoms with Crippen LogP contribution in [0, 0.1) is 0 Å². The van der Waals surface area contributed by atoms with Crippen LogP contribution in [0.1, 0.15) is 0 Å². The molecule has 0 saturated heterocycles. The maximum Gasteiger partial charge on any atom is 0.159 e. The molecule has 1 aromatic carbocycles. The number of para-hydroxylation sites is 2. The van der Waals surface area contributed by atoms with Crippen LogP contribution in [0.15, 0.2) is 29.3 Å². The molecular formula is C10H11N3S. The zero-order valence-corrected chi connectivity index (χ0v) is 8.93. The number of hydrogen-bond acceptors (Lipinski definition) is 4. The molecule has 3 nitrogen and oxygen atoms in total. The molecule has 0 fully saturated rings. The molecule has 0 atom stereocenters. The Labute approximate surface area is 87.0 Å². The van der Waals surface area contributed by atoms with Crippen molar-refractivity contribution in [2.24, 2.45) is 0 Å². The average molecular weight is 205 g/mol. The minimum absolute atomic E-state index is 0.844. The van der Waals surface area contributed by atoms with Crippen molar-refractivity contribution in [3.05, 3.63) is 24.3 Å². The highest BCUT2D eigenvalue weighted by atomic mass is 32.2. The number of fused-ring (bicyclic) bond motifs is 1. The molecule has 0 amide bonds. The van der Waals surface area contributed by atoms with E-state index in [1.165, 1.54) is 0 Å². The molecule has 1 N–H and O–H groups in total. The second-order valence-electron chi connectivity index (χ2n) is 2.82. The van der Waals surface area contributed by atoms with Crippen molar-refractivity contribution >= 4 is 28.6 Å². The van der Waals surface area contributed by atoms with Gasteiger partial charge in [-0.1, -0.05) is 12.1 Å². The van der Waals surface area contributed by atoms with Crippen LogP contribution in [-0.2, 0) is 0 Å². The summed E-state index contributed by atoms with van der Waals surface area (Å²) in [4.78, 5) is 8.97. The van der Waals surface area contributed by atoms with Crippen LogP contribution in [0.25, 0.3) is 11.0 Å². The summed E-state index contributed by atoms with van der Waals surface area (Å²) in [5, 5.41) is 3.98. The van der Waals surface area contributed by atoms with Crippen LogP contribution >= 0.6 is 11.8 Å². The Kier molecular flexibility index (Phi) is 2.54. The second kappa shape index (κ2) is 3.84. The van der Waals surface area contributed by atoms with E-state index in [1.54, 1.807) is 11.8 Å². The van der Waals surface area contributed by atoms with Crippen molar-refractivity contribution < 1.29 is 0 Å². The highest BCUT2D eigenvalue weighted by Gasteiger charge is 2.04. The number of thioether (sulfide) groups is 1. The molecule has 1 aromatic heterocycles. The zero-order valence-electron chi connectivity index (χ0n) is 8.11. The number of nitrogens with zero attached hydrogens (tertiary/aromatic N) is 2. The predicted molar refractivity (Wildman–Crippen MR) is 60.9 cm³/mol. The van der Waals surface area contributed by atoms with E-state index in [4.69, 9.17) is 0 Å². The van der Waals surface area contributed by atoms with Gasteiger partial charge < -0.3 is 5.32 Å². The SMILES string of the molecule is CNc1nc2ccccc2nc1SC. The van der Waals surface area contributed by atoms with Crippen molar-refractivity contribution in [2.75, 3.05) is 18.6 Å². The predicted octanol–water partition coefficient (Wildman–Crippen LogP) is 2.39. The van der Waals surface area contributed by atoms with E-state index in [2.05, 4.69) is 15.3 Å². The van der Waals surface area contributed by atoms with Gasteiger partial charge >= 0.3 is 0 Å². The number of hydrogen-bond donors (Lipinski definition) is 1. The third-order valence-electron chi connectivity index (χ3n) is 1.97. The summed E-state index contributed by atoms with van der Waals surface area (Å²) in [7, 11) is 1.86. The summed E-state index contributed by atoms with van der Waals surface area (Å²) in [6, 6.07) is 7.88. The van der Waals surface area contributed by atoms with Crippen molar-refractivity contribution in [1.82, 2.24) is 9.97 Å². The van der Waals surface area contributed by atoms with Gasteiger partial charge in [0.25, 0.3) is 0 Å². The molecule has 2 rings (SSSR count). The molecule has 14 heavy (non-hydrogen) atoms. The van der Waals surface area contributed by atoms with Crippen LogP contribution in [0.3, 0.4) is 0 Å². The smallest absolute Gasteiger partial charge is 0.159 e. The van der Waals surface area contributed by atoms with E-state index in [0.29, 0.717) is 0 Å². The first-order valence-corrected chi connectivity index (χ1v) is 5.56. The van der Waals surface area contributed by atoms with Gasteiger partial charge in [-0.2, -0.15) is 0 Å². The Balaban J connectivity index is 2.69. The maximum atomic E-state index is 4.50. The highest BCUT2D eigenvalue weighted by Crippen LogP contribution is 2.23. The number of nitrogens with one attached hydrogen (secondary N) is 1. The van der Waals surface area contributed by atoms with Gasteiger partial charge in [0.1, 0.15) is 5.03 Å². The van der Waals surface area contributed by atoms with Gasteiger partial charge in [-0.05, 0) is 18.4 Å². The standard InChI is InChI=1S/C10H11N3S/c1-11-9-10(14-2)13-8-6-4-3-5-7(8)12-9/h3-6H,1-2H3,(H,11,12). The summed E-state index contributed by atoms with van der Waals surface area (Å²) in [5.41, 5.74) is 1.87. The molecule has 4 heteroatoms. The molecule has 72 valence electrons. The lowest BCUT2D eigenvalue weighted by Crippen LogP contribution is -1.97. The van der Waals surface area contributed by atoms with Crippen LogP contribution in [-0.4, -0.2) is 23.3 Å². The fraction of sp³-hybridized carbons (Fsp3) is 0.200. The van der Waals surface area contributed by atoms with Crippen molar-refractivity contribution in [3.8, 4) is 0 Å². The molecule has 0 saturated carbocycles. The lowest BCUT2D eigenvalue weighted by Gasteiger charge is -2.06. The van der Waals surface area contributed by atoms with Gasteiger partial charge in [0.15, 0.2) is 5.82 Å². The minimum atomic E-state index is 0.844. The van der Waals surface area contributed by atoms with E-state index in [1.807, 2.05) is 37.6 Å². The molecule has 0 unspecified atom stereocenters. The normalized spacial score (nSPS) is 10.4. The van der Waals surface area contributed by atoms with Crippen molar-refractivity contribution in [1.29, 1.82) is 0 Å². The third kappa shape index (κ3) is 1.53. The molecule has 1 heterocycles. The highest BCUT2D eigenvalue weighted by molar-refractivity contribution is 7.98. The molecule has 0 aliphatic rings. The topological polar surface area (TPSA) is 37.8 Å². The molecule has 0 radical (unpaired) electrons. The first-order chi connectivity index (χ1) is 6.85. The van der Waals surface area contributed by atoms with E-state index >= 15 is 0 Å². The van der Waals surface area contributed by atoms with E-state index in [-0.39, 0.29) is 0 Å². The van der Waals surface area contributed by atoms with Crippen LogP contribution in [0.4, 0.5) is 5.82 Å². The first kappa shape index (κ1) is 9.27. The lowest BCUT2D eigenvalue weighted by molar-refractivity contribution is 1.12. The van der Waals surface area contributed by atoms with Gasteiger partial charge in [-0.25, -0.2) is 9.97 Å². The summed E-state index contributed by atoms with van der Waals surface area (Å²) < 4.78 is 0. The van der Waals surface area contributed by atoms with Crippen LogP contribution in [0.5, 0.6) is 0 Å². The fourth-order valence-corrected chi connectivity index (χ4v) is 1.82. The van der Waals surface area contributed by atoms with Crippen LogP contribution in [0.2, 0.25) is 0 Å². The second-order valence-corrected chi connectivity index (χ2v) is 3.62. The zero-order chi connectivity index (χ0) is 9.97. The Morgan fingerprint density at radius 2 is 1.79 bits per heavy atom. The van der Waals surface area contributed by atoms with Gasteiger partial charge in [0.2, 0.25) is 0 Å². The lowest BCUT2D eigenvalue weighted by atomic mass is 10.3. The summed E-state index contributed by atoms with van der Waals surface area (Å²) >= 11 is 1.60. The number of anilines is 1. The third-order valence-corrected chi connectivity index (χ3v) is 2.64. The minimum Gasteiger partial charge on any atom is -0.371 e. The summed E-state index contributed by atoms with van der Waals surface area (Å²) in [6.45, 7) is 0. The Hall–Kier alpha value is -1.29. The fourth-order valence-electron chi connectivity index (χ4n) is 1.29. The average Bonchev–Trinajstić information content (AvgIpc) is 2.27. The van der Waals surface area contributed by atoms with Gasteiger partial charge in [-0.15, -0.1) is 11.8 Å². The maximum absolute atomic E-state index is 4.50. The summed E-state index contributed by atoms with van der Waals surface area (Å²) in [6.07, 6.45) is 2.00. The number of aromatic nitrogens is 2. The van der Waals surface area contributed by atoms with Gasteiger partial charge in [0, 0.05) is 7.05 Å². The van der Waals surface area contributed by atoms with Crippen molar-refractivity contribution in [3.63, 3.8) is 0 Å². The quantitative estimate of drug-likeness (QED) is 0.764. The van der Waals surface area contributed by atoms with Crippen LogP contribution < -0.4 is 5.32 Å². The Bertz CT molecular complexity index is 414. The number of rotatable bonds is 2. The van der Waals surface area contributed by atoms with E-state index in [0.717, 1.165) is 21.9 Å². The monoisotopic (exact) mass is 205 g/mol. The van der Waals surface area contributed by atoms with Crippen molar-refractivity contribution in [2.45, 2.75) is 5.03 Å². The largest absolute Gasteiger partial charge is 0.371 e. The van der Waals surface area contributed by atoms with Gasteiger partial charge in [-0.3, -0.25) is 0 Å². The molecular weight excluding hydrogens is 194 g/mol. The Morgan fingerprint density at radius 1 is 1.14 bits per heavy atom. The molecule has 2 aromatic rings. The van der Waals surface area contributed by atoms with E-state index < -0.39 is 0 Å². The Morgan fingerprint density at radius 3 is 2.36 bits per heavy atom. The summed E-state index contributed by atoms with van der Waals surface area (Å²) in [5.74, 6) is 0.844. The molecule has 0 aliphatic heterocycles. The molecule has 0 bridgehead atoms. The first-order valence-electron chi connectivity index (χ1n) is 4.33. The molecule has 0 aliphatic carbocycles. The van der Waals surface area contributed by atoms with Gasteiger partial charge in [0.05, 0.1) is 11.0 Å². The number of benzene rings is 1. The van der Waals surface area contributed by atoms with E-state index in [9.17, 15) is 0 Å². The molecule has 0 spiro atoms.